The van der Waals surface area contributed by atoms with Crippen molar-refractivity contribution >= 4 is 0 Å². The minimum atomic E-state index is -4.08. The van der Waals surface area contributed by atoms with Crippen LogP contribution in [0.4, 0.5) is 13.2 Å². The van der Waals surface area contributed by atoms with Gasteiger partial charge in [0.05, 0.1) is 6.54 Å². The molecule has 0 bridgehead atoms. The maximum atomic E-state index is 12.4. The van der Waals surface area contributed by atoms with Crippen molar-refractivity contribution in [2.75, 3.05) is 19.6 Å². The molecule has 0 aromatic rings. The van der Waals surface area contributed by atoms with E-state index in [4.69, 9.17) is 0 Å². The summed E-state index contributed by atoms with van der Waals surface area (Å²) in [7, 11) is 0. The Bertz CT molecular complexity index is 265. The van der Waals surface area contributed by atoms with E-state index in [2.05, 4.69) is 34.6 Å². The number of nitrogens with zero attached hydrogens (tertiary/aromatic N) is 1. The van der Waals surface area contributed by atoms with Crippen molar-refractivity contribution in [3.63, 3.8) is 0 Å². The predicted octanol–water partition coefficient (Wildman–Crippen LogP) is 3.94. The van der Waals surface area contributed by atoms with Gasteiger partial charge in [0.25, 0.3) is 0 Å². The molecule has 1 heterocycles. The number of alkyl halides is 3. The van der Waals surface area contributed by atoms with Gasteiger partial charge in [0.1, 0.15) is 0 Å². The van der Waals surface area contributed by atoms with Gasteiger partial charge in [-0.3, -0.25) is 4.90 Å². The zero-order valence-electron chi connectivity index (χ0n) is 11.5. The van der Waals surface area contributed by atoms with Crippen LogP contribution < -0.4 is 0 Å². The van der Waals surface area contributed by atoms with E-state index in [1.807, 2.05) is 0 Å². The van der Waals surface area contributed by atoms with E-state index in [-0.39, 0.29) is 10.8 Å². The average molecular weight is 251 g/mol. The molecular weight excluding hydrogens is 227 g/mol. The summed E-state index contributed by atoms with van der Waals surface area (Å²) in [5.41, 5.74) is 0.0414. The largest absolute Gasteiger partial charge is 0.401 e. The van der Waals surface area contributed by atoms with E-state index in [0.717, 1.165) is 6.42 Å². The van der Waals surface area contributed by atoms with Crippen LogP contribution in [0.2, 0.25) is 0 Å². The molecule has 0 amide bonds. The van der Waals surface area contributed by atoms with Gasteiger partial charge in [0.2, 0.25) is 0 Å². The van der Waals surface area contributed by atoms with Gasteiger partial charge in [-0.1, -0.05) is 34.6 Å². The first-order valence-corrected chi connectivity index (χ1v) is 6.27. The van der Waals surface area contributed by atoms with Crippen molar-refractivity contribution in [3.05, 3.63) is 0 Å². The van der Waals surface area contributed by atoms with E-state index in [1.54, 1.807) is 4.90 Å². The minimum Gasteiger partial charge on any atom is -0.294 e. The second-order valence-electron chi connectivity index (χ2n) is 6.64. The molecule has 17 heavy (non-hydrogen) atoms. The molecule has 4 heteroatoms. The van der Waals surface area contributed by atoms with Gasteiger partial charge in [0, 0.05) is 6.54 Å². The van der Waals surface area contributed by atoms with Crippen LogP contribution in [0.5, 0.6) is 0 Å². The third-order valence-corrected chi connectivity index (χ3v) is 4.38. The Morgan fingerprint density at radius 2 is 1.71 bits per heavy atom. The minimum absolute atomic E-state index is 0.00174. The summed E-state index contributed by atoms with van der Waals surface area (Å²) in [5.74, 6) is 0.403. The van der Waals surface area contributed by atoms with Crippen LogP contribution in [0, 0.1) is 16.7 Å². The summed E-state index contributed by atoms with van der Waals surface area (Å²) >= 11 is 0. The summed E-state index contributed by atoms with van der Waals surface area (Å²) in [6.07, 6.45) is -3.21. The van der Waals surface area contributed by atoms with Gasteiger partial charge < -0.3 is 0 Å². The Hall–Kier alpha value is -0.250. The molecule has 0 aromatic heterocycles. The quantitative estimate of drug-likeness (QED) is 0.718. The van der Waals surface area contributed by atoms with Crippen molar-refractivity contribution < 1.29 is 13.2 Å². The Labute approximate surface area is 102 Å². The zero-order chi connectivity index (χ0) is 13.5. The highest BCUT2D eigenvalue weighted by Gasteiger charge is 2.50. The summed E-state index contributed by atoms with van der Waals surface area (Å²) < 4.78 is 37.2. The van der Waals surface area contributed by atoms with Gasteiger partial charge in [0.15, 0.2) is 0 Å². The highest BCUT2D eigenvalue weighted by molar-refractivity contribution is 4.99. The van der Waals surface area contributed by atoms with Crippen LogP contribution in [0.3, 0.4) is 0 Å². The van der Waals surface area contributed by atoms with Gasteiger partial charge in [-0.15, -0.1) is 0 Å². The van der Waals surface area contributed by atoms with E-state index in [1.165, 1.54) is 0 Å². The van der Waals surface area contributed by atoms with Crippen LogP contribution in [-0.4, -0.2) is 30.7 Å². The summed E-state index contributed by atoms with van der Waals surface area (Å²) in [5, 5.41) is 0. The molecule has 0 saturated carbocycles. The Morgan fingerprint density at radius 1 is 1.18 bits per heavy atom. The molecule has 1 unspecified atom stereocenters. The molecule has 102 valence electrons. The maximum Gasteiger partial charge on any atom is 0.401 e. The predicted molar refractivity (Wildman–Crippen MR) is 63.8 cm³/mol. The molecule has 0 aliphatic carbocycles. The fourth-order valence-electron chi connectivity index (χ4n) is 3.25. The lowest BCUT2D eigenvalue weighted by Crippen LogP contribution is -2.44. The summed E-state index contributed by atoms with van der Waals surface area (Å²) in [6.45, 7) is 11.0. The molecule has 1 rings (SSSR count). The molecule has 1 nitrogen and oxygen atoms in total. The third-order valence-electron chi connectivity index (χ3n) is 4.38. The third kappa shape index (κ3) is 3.15. The molecule has 0 aromatic carbocycles. The fraction of sp³-hybridized carbons (Fsp3) is 1.00. The molecule has 0 radical (unpaired) electrons. The van der Waals surface area contributed by atoms with E-state index in [9.17, 15) is 13.2 Å². The zero-order valence-corrected chi connectivity index (χ0v) is 11.5. The highest BCUT2D eigenvalue weighted by atomic mass is 19.4. The molecule has 0 spiro atoms. The van der Waals surface area contributed by atoms with Crippen LogP contribution in [0.1, 0.15) is 41.0 Å². The van der Waals surface area contributed by atoms with E-state index in [0.29, 0.717) is 19.0 Å². The normalized spacial score (nSPS) is 28.1. The fourth-order valence-corrected chi connectivity index (χ4v) is 3.25. The van der Waals surface area contributed by atoms with Crippen molar-refractivity contribution in [3.8, 4) is 0 Å². The van der Waals surface area contributed by atoms with Crippen molar-refractivity contribution in [1.82, 2.24) is 4.90 Å². The van der Waals surface area contributed by atoms with E-state index < -0.39 is 12.7 Å². The molecule has 1 aliphatic rings. The Morgan fingerprint density at radius 3 is 2.00 bits per heavy atom. The van der Waals surface area contributed by atoms with Gasteiger partial charge in [-0.2, -0.15) is 13.2 Å². The first-order chi connectivity index (χ1) is 7.48. The van der Waals surface area contributed by atoms with Gasteiger partial charge in [-0.05, 0) is 29.7 Å². The van der Waals surface area contributed by atoms with Crippen molar-refractivity contribution in [1.29, 1.82) is 0 Å². The second-order valence-corrected chi connectivity index (χ2v) is 6.64. The van der Waals surface area contributed by atoms with Crippen molar-refractivity contribution in [2.45, 2.75) is 47.2 Å². The van der Waals surface area contributed by atoms with Crippen LogP contribution in [0.25, 0.3) is 0 Å². The van der Waals surface area contributed by atoms with Gasteiger partial charge >= 0.3 is 6.18 Å². The molecule has 1 saturated heterocycles. The smallest absolute Gasteiger partial charge is 0.294 e. The average Bonchev–Trinajstić information content (AvgIpc) is 2.44. The number of likely N-dealkylation sites (tertiary alicyclic amines) is 1. The summed E-state index contributed by atoms with van der Waals surface area (Å²) in [4.78, 5) is 1.56. The van der Waals surface area contributed by atoms with Crippen LogP contribution in [-0.2, 0) is 0 Å². The maximum absolute atomic E-state index is 12.4. The standard InChI is InChI=1S/C13H24F3N/c1-10(2)12(11(3,4)5)6-7-17(8-12)9-13(14,15)16/h10H,6-9H2,1-5H3. The molecular formula is C13H24F3N. The molecule has 1 atom stereocenters. The first-order valence-electron chi connectivity index (χ1n) is 6.27. The van der Waals surface area contributed by atoms with Crippen LogP contribution >= 0.6 is 0 Å². The first kappa shape index (κ1) is 14.8. The van der Waals surface area contributed by atoms with Gasteiger partial charge in [-0.25, -0.2) is 0 Å². The lowest BCUT2D eigenvalue weighted by molar-refractivity contribution is -0.145. The number of hydrogen-bond acceptors (Lipinski definition) is 1. The lowest BCUT2D eigenvalue weighted by Gasteiger charge is -2.45. The molecule has 0 N–H and O–H groups in total. The van der Waals surface area contributed by atoms with Crippen molar-refractivity contribution in [2.24, 2.45) is 16.7 Å². The monoisotopic (exact) mass is 251 g/mol. The number of rotatable bonds is 2. The Balaban J connectivity index is 2.80. The Kier molecular flexibility index (Phi) is 3.88. The topological polar surface area (TPSA) is 3.24 Å². The molecule has 1 aliphatic heterocycles. The van der Waals surface area contributed by atoms with E-state index >= 15 is 0 Å². The number of halogens is 3. The second kappa shape index (κ2) is 4.45. The number of hydrogen-bond donors (Lipinski definition) is 0. The lowest BCUT2D eigenvalue weighted by atomic mass is 9.60. The highest BCUT2D eigenvalue weighted by Crippen LogP contribution is 2.51. The SMILES string of the molecule is CC(C)C1(C(C)(C)C)CCN(CC(F)(F)F)C1. The molecule has 1 fully saturated rings. The van der Waals surface area contributed by atoms with Crippen LogP contribution in [0.15, 0.2) is 0 Å². The summed E-state index contributed by atoms with van der Waals surface area (Å²) in [6, 6.07) is 0.